The summed E-state index contributed by atoms with van der Waals surface area (Å²) in [4.78, 5) is 18.5. The van der Waals surface area contributed by atoms with Gasteiger partial charge in [0.2, 0.25) is 0 Å². The van der Waals surface area contributed by atoms with Gasteiger partial charge in [-0.25, -0.2) is 4.98 Å². The molecule has 1 heterocycles. The number of aromatic amines is 1. The molecule has 17 heavy (non-hydrogen) atoms. The summed E-state index contributed by atoms with van der Waals surface area (Å²) in [6.45, 7) is 5.57. The molecule has 1 rings (SSSR count). The molecule has 0 radical (unpaired) electrons. The smallest absolute Gasteiger partial charge is 0.252 e. The van der Waals surface area contributed by atoms with E-state index >= 15 is 0 Å². The fourth-order valence-electron chi connectivity index (χ4n) is 1.43. The molecule has 2 N–H and O–H groups in total. The number of H-pyrrole nitrogens is 1. The molecule has 0 spiro atoms. The Hall–Kier alpha value is -1.36. The van der Waals surface area contributed by atoms with Gasteiger partial charge in [0.15, 0.2) is 0 Å². The quantitative estimate of drug-likeness (QED) is 0.711. The maximum absolute atomic E-state index is 11.4. The van der Waals surface area contributed by atoms with Gasteiger partial charge in [0.25, 0.3) is 5.56 Å². The lowest BCUT2D eigenvalue weighted by molar-refractivity contribution is 0.194. The van der Waals surface area contributed by atoms with Crippen molar-refractivity contribution in [2.75, 3.05) is 25.6 Å². The molecule has 1 aromatic heterocycles. The molecule has 0 fully saturated rings. The van der Waals surface area contributed by atoms with Crippen LogP contribution in [0.2, 0.25) is 0 Å². The Labute approximate surface area is 102 Å². The lowest BCUT2D eigenvalue weighted by atomic mass is 10.2. The molecule has 0 unspecified atom stereocenters. The summed E-state index contributed by atoms with van der Waals surface area (Å²) >= 11 is 0. The lowest BCUT2D eigenvalue weighted by Gasteiger charge is -2.08. The molecular formula is C12H21N3O2. The number of methoxy groups -OCH3 is 1. The first-order chi connectivity index (χ1) is 8.13. The molecular weight excluding hydrogens is 218 g/mol. The fraction of sp³-hybridized carbons (Fsp3) is 0.667. The zero-order chi connectivity index (χ0) is 12.7. The minimum absolute atomic E-state index is 0.108. The van der Waals surface area contributed by atoms with Gasteiger partial charge < -0.3 is 15.0 Å². The summed E-state index contributed by atoms with van der Waals surface area (Å²) < 4.78 is 4.97. The second-order valence-corrected chi connectivity index (χ2v) is 4.30. The van der Waals surface area contributed by atoms with Gasteiger partial charge in [0.05, 0.1) is 0 Å². The molecule has 0 aliphatic rings. The van der Waals surface area contributed by atoms with Crippen LogP contribution in [0.15, 0.2) is 10.9 Å². The maximum atomic E-state index is 11.4. The molecule has 96 valence electrons. The van der Waals surface area contributed by atoms with Crippen molar-refractivity contribution in [1.82, 2.24) is 9.97 Å². The highest BCUT2D eigenvalue weighted by molar-refractivity contribution is 5.33. The molecule has 5 nitrogen and oxygen atoms in total. The van der Waals surface area contributed by atoms with Gasteiger partial charge in [-0.05, 0) is 12.8 Å². The van der Waals surface area contributed by atoms with Gasteiger partial charge in [0.1, 0.15) is 11.6 Å². The number of nitrogens with zero attached hydrogens (tertiary/aromatic N) is 1. The van der Waals surface area contributed by atoms with Crippen molar-refractivity contribution in [3.05, 3.63) is 22.2 Å². The third-order valence-electron chi connectivity index (χ3n) is 2.39. The van der Waals surface area contributed by atoms with Crippen molar-refractivity contribution in [3.63, 3.8) is 0 Å². The van der Waals surface area contributed by atoms with E-state index in [1.807, 2.05) is 13.8 Å². The van der Waals surface area contributed by atoms with Crippen LogP contribution in [0.4, 0.5) is 5.82 Å². The Morgan fingerprint density at radius 3 is 2.88 bits per heavy atom. The van der Waals surface area contributed by atoms with Crippen LogP contribution in [0.25, 0.3) is 0 Å². The molecule has 0 amide bonds. The standard InChI is InChI=1S/C12H21N3O2/c1-9(2)12-14-10(8-11(16)15-12)13-6-4-5-7-17-3/h8-9H,4-7H2,1-3H3,(H2,13,14,15,16). The van der Waals surface area contributed by atoms with Crippen LogP contribution in [0.3, 0.4) is 0 Å². The van der Waals surface area contributed by atoms with Gasteiger partial charge in [-0.3, -0.25) is 4.79 Å². The van der Waals surface area contributed by atoms with E-state index in [9.17, 15) is 4.79 Å². The number of hydrogen-bond acceptors (Lipinski definition) is 4. The number of rotatable bonds is 7. The third kappa shape index (κ3) is 4.99. The molecule has 0 bridgehead atoms. The molecule has 0 aromatic carbocycles. The van der Waals surface area contributed by atoms with E-state index in [2.05, 4.69) is 15.3 Å². The summed E-state index contributed by atoms with van der Waals surface area (Å²) in [5.41, 5.74) is -0.108. The predicted molar refractivity (Wildman–Crippen MR) is 68.5 cm³/mol. The van der Waals surface area contributed by atoms with Gasteiger partial charge in [-0.1, -0.05) is 13.8 Å². The van der Waals surface area contributed by atoms with Crippen LogP contribution >= 0.6 is 0 Å². The van der Waals surface area contributed by atoms with Crippen molar-refractivity contribution >= 4 is 5.82 Å². The Morgan fingerprint density at radius 1 is 1.47 bits per heavy atom. The number of ether oxygens (including phenoxy) is 1. The number of unbranched alkanes of at least 4 members (excludes halogenated alkanes) is 1. The van der Waals surface area contributed by atoms with Gasteiger partial charge in [-0.15, -0.1) is 0 Å². The van der Waals surface area contributed by atoms with Crippen LogP contribution in [0.1, 0.15) is 38.4 Å². The Kier molecular flexibility index (Phi) is 5.69. The van der Waals surface area contributed by atoms with Gasteiger partial charge >= 0.3 is 0 Å². The van der Waals surface area contributed by atoms with Crippen molar-refractivity contribution in [1.29, 1.82) is 0 Å². The van der Waals surface area contributed by atoms with Crippen LogP contribution in [-0.2, 0) is 4.74 Å². The highest BCUT2D eigenvalue weighted by Crippen LogP contribution is 2.08. The monoisotopic (exact) mass is 239 g/mol. The summed E-state index contributed by atoms with van der Waals surface area (Å²) in [6, 6.07) is 1.49. The van der Waals surface area contributed by atoms with E-state index in [-0.39, 0.29) is 11.5 Å². The first-order valence-electron chi connectivity index (χ1n) is 5.97. The van der Waals surface area contributed by atoms with Gasteiger partial charge in [0, 0.05) is 32.2 Å². The molecule has 0 saturated heterocycles. The predicted octanol–water partition coefficient (Wildman–Crippen LogP) is 1.73. The topological polar surface area (TPSA) is 67.0 Å². The Morgan fingerprint density at radius 2 is 2.24 bits per heavy atom. The zero-order valence-corrected chi connectivity index (χ0v) is 10.7. The van der Waals surface area contributed by atoms with E-state index in [1.165, 1.54) is 6.07 Å². The maximum Gasteiger partial charge on any atom is 0.252 e. The first kappa shape index (κ1) is 13.7. The Bertz CT molecular complexity index is 388. The number of anilines is 1. The zero-order valence-electron chi connectivity index (χ0n) is 10.7. The largest absolute Gasteiger partial charge is 0.385 e. The van der Waals surface area contributed by atoms with Crippen molar-refractivity contribution in [2.45, 2.75) is 32.6 Å². The van der Waals surface area contributed by atoms with Crippen LogP contribution < -0.4 is 10.9 Å². The van der Waals surface area contributed by atoms with E-state index < -0.39 is 0 Å². The molecule has 0 aliphatic heterocycles. The van der Waals surface area contributed by atoms with E-state index in [4.69, 9.17) is 4.74 Å². The summed E-state index contributed by atoms with van der Waals surface area (Å²) in [7, 11) is 1.70. The summed E-state index contributed by atoms with van der Waals surface area (Å²) in [6.07, 6.45) is 2.00. The lowest BCUT2D eigenvalue weighted by Crippen LogP contribution is -2.15. The van der Waals surface area contributed by atoms with Crippen molar-refractivity contribution < 1.29 is 4.74 Å². The number of aromatic nitrogens is 2. The second kappa shape index (κ2) is 7.06. The molecule has 0 saturated carbocycles. The van der Waals surface area contributed by atoms with Crippen molar-refractivity contribution in [2.24, 2.45) is 0 Å². The summed E-state index contributed by atoms with van der Waals surface area (Å²) in [5.74, 6) is 1.59. The van der Waals surface area contributed by atoms with E-state index in [0.717, 1.165) is 31.8 Å². The first-order valence-corrected chi connectivity index (χ1v) is 5.97. The highest BCUT2D eigenvalue weighted by Gasteiger charge is 2.04. The Balaban J connectivity index is 2.50. The molecule has 5 heteroatoms. The van der Waals surface area contributed by atoms with Gasteiger partial charge in [-0.2, -0.15) is 0 Å². The minimum atomic E-state index is -0.108. The van der Waals surface area contributed by atoms with Crippen molar-refractivity contribution in [3.8, 4) is 0 Å². The average molecular weight is 239 g/mol. The molecule has 1 aromatic rings. The number of hydrogen-bond donors (Lipinski definition) is 2. The van der Waals surface area contributed by atoms with E-state index in [0.29, 0.717) is 5.82 Å². The molecule has 0 atom stereocenters. The van der Waals surface area contributed by atoms with E-state index in [1.54, 1.807) is 7.11 Å². The average Bonchev–Trinajstić information content (AvgIpc) is 2.28. The second-order valence-electron chi connectivity index (χ2n) is 4.30. The van der Waals surface area contributed by atoms with Crippen LogP contribution in [0, 0.1) is 0 Å². The fourth-order valence-corrected chi connectivity index (χ4v) is 1.43. The molecule has 0 aliphatic carbocycles. The summed E-state index contributed by atoms with van der Waals surface area (Å²) in [5, 5.41) is 3.15. The minimum Gasteiger partial charge on any atom is -0.385 e. The SMILES string of the molecule is COCCCCNc1cc(=O)[nH]c(C(C)C)n1. The number of nitrogens with one attached hydrogen (secondary N) is 2. The van der Waals surface area contributed by atoms with Crippen LogP contribution in [0.5, 0.6) is 0 Å². The third-order valence-corrected chi connectivity index (χ3v) is 2.39. The normalized spacial score (nSPS) is 10.8. The highest BCUT2D eigenvalue weighted by atomic mass is 16.5. The van der Waals surface area contributed by atoms with Crippen LogP contribution in [-0.4, -0.2) is 30.2 Å².